The minimum absolute atomic E-state index is 0.192. The Hall–Kier alpha value is -2.78. The Morgan fingerprint density at radius 1 is 0.783 bits per heavy atom. The second-order valence-electron chi connectivity index (χ2n) is 4.52. The maximum atomic E-state index is 9.72. The van der Waals surface area contributed by atoms with Gasteiger partial charge in [0.05, 0.1) is 0 Å². The molecule has 4 heterocycles. The van der Waals surface area contributed by atoms with Gasteiger partial charge in [0.1, 0.15) is 11.4 Å². The van der Waals surface area contributed by atoms with Crippen molar-refractivity contribution in [3.8, 4) is 33.3 Å². The van der Waals surface area contributed by atoms with E-state index in [1.54, 1.807) is 47.4 Å². The standard InChI is InChI=1S/C14H10N4O3S2/c19-13-9(3-7-22-13)17-5-1-11(15-17)21-12-2-6-18(16-12)10-4-8-23-14(10)20/h1-8,19-20H. The molecule has 0 radical (unpaired) electrons. The van der Waals surface area contributed by atoms with Gasteiger partial charge in [-0.05, 0) is 22.9 Å². The lowest BCUT2D eigenvalue weighted by Gasteiger charge is -1.99. The zero-order valence-corrected chi connectivity index (χ0v) is 13.2. The molecule has 0 aliphatic rings. The average molecular weight is 346 g/mol. The summed E-state index contributed by atoms with van der Waals surface area (Å²) in [5, 5.41) is 31.9. The van der Waals surface area contributed by atoms with E-state index >= 15 is 0 Å². The summed E-state index contributed by atoms with van der Waals surface area (Å²) in [5.74, 6) is 0.714. The molecule has 116 valence electrons. The molecular weight excluding hydrogens is 336 g/mol. The Morgan fingerprint density at radius 3 is 1.65 bits per heavy atom. The van der Waals surface area contributed by atoms with Gasteiger partial charge in [0.25, 0.3) is 0 Å². The first-order chi connectivity index (χ1) is 11.2. The van der Waals surface area contributed by atoms with Gasteiger partial charge in [0.2, 0.25) is 11.8 Å². The number of rotatable bonds is 4. The third-order valence-corrected chi connectivity index (χ3v) is 4.49. The number of aromatic nitrogens is 4. The number of hydrogen-bond acceptors (Lipinski definition) is 7. The summed E-state index contributed by atoms with van der Waals surface area (Å²) in [6, 6.07) is 6.89. The van der Waals surface area contributed by atoms with Crippen molar-refractivity contribution in [2.45, 2.75) is 0 Å². The molecule has 0 saturated heterocycles. The predicted octanol–water partition coefficient (Wildman–Crippen LogP) is 3.38. The highest BCUT2D eigenvalue weighted by atomic mass is 32.1. The van der Waals surface area contributed by atoms with E-state index in [9.17, 15) is 10.2 Å². The summed E-state index contributed by atoms with van der Waals surface area (Å²) in [7, 11) is 0. The van der Waals surface area contributed by atoms with Crippen molar-refractivity contribution in [1.29, 1.82) is 0 Å². The number of aromatic hydroxyl groups is 2. The number of nitrogens with zero attached hydrogens (tertiary/aromatic N) is 4. The van der Waals surface area contributed by atoms with Crippen molar-refractivity contribution < 1.29 is 14.9 Å². The summed E-state index contributed by atoms with van der Waals surface area (Å²) >= 11 is 2.46. The molecule has 0 aromatic carbocycles. The molecule has 4 rings (SSSR count). The third kappa shape index (κ3) is 2.56. The highest BCUT2D eigenvalue weighted by Crippen LogP contribution is 2.30. The minimum atomic E-state index is 0.192. The van der Waals surface area contributed by atoms with Gasteiger partial charge in [0, 0.05) is 24.5 Å². The van der Waals surface area contributed by atoms with Gasteiger partial charge >= 0.3 is 0 Å². The van der Waals surface area contributed by atoms with Crippen LogP contribution in [0.5, 0.6) is 21.9 Å². The number of thiophene rings is 2. The van der Waals surface area contributed by atoms with E-state index in [-0.39, 0.29) is 10.1 Å². The van der Waals surface area contributed by atoms with E-state index in [2.05, 4.69) is 10.2 Å². The van der Waals surface area contributed by atoms with E-state index in [1.165, 1.54) is 32.0 Å². The Labute approximate surface area is 138 Å². The van der Waals surface area contributed by atoms with Crippen LogP contribution in [-0.2, 0) is 0 Å². The van der Waals surface area contributed by atoms with Gasteiger partial charge in [-0.3, -0.25) is 0 Å². The van der Waals surface area contributed by atoms with Crippen LogP contribution in [0.25, 0.3) is 11.4 Å². The fourth-order valence-corrected chi connectivity index (χ4v) is 3.25. The second kappa shape index (κ2) is 5.45. The van der Waals surface area contributed by atoms with Crippen molar-refractivity contribution in [1.82, 2.24) is 19.6 Å². The zero-order valence-electron chi connectivity index (χ0n) is 11.5. The van der Waals surface area contributed by atoms with Crippen LogP contribution in [0.4, 0.5) is 0 Å². The van der Waals surface area contributed by atoms with Crippen molar-refractivity contribution in [3.63, 3.8) is 0 Å². The van der Waals surface area contributed by atoms with Crippen molar-refractivity contribution >= 4 is 22.7 Å². The van der Waals surface area contributed by atoms with Crippen LogP contribution in [0.1, 0.15) is 0 Å². The number of hydrogen-bond donors (Lipinski definition) is 2. The molecule has 0 bridgehead atoms. The summed E-state index contributed by atoms with van der Waals surface area (Å²) in [5.41, 5.74) is 1.19. The van der Waals surface area contributed by atoms with Gasteiger partial charge in [-0.15, -0.1) is 32.9 Å². The highest BCUT2D eigenvalue weighted by Gasteiger charge is 2.11. The second-order valence-corrected chi connectivity index (χ2v) is 6.31. The minimum Gasteiger partial charge on any atom is -0.498 e. The molecule has 2 N–H and O–H groups in total. The lowest BCUT2D eigenvalue weighted by atomic mass is 10.5. The monoisotopic (exact) mass is 346 g/mol. The molecule has 0 amide bonds. The van der Waals surface area contributed by atoms with Crippen molar-refractivity contribution in [3.05, 3.63) is 47.4 Å². The zero-order chi connectivity index (χ0) is 15.8. The Balaban J connectivity index is 1.55. The van der Waals surface area contributed by atoms with E-state index in [0.29, 0.717) is 23.1 Å². The first-order valence-corrected chi connectivity index (χ1v) is 8.29. The summed E-state index contributed by atoms with van der Waals surface area (Å²) in [6.45, 7) is 0. The molecule has 23 heavy (non-hydrogen) atoms. The molecule has 0 atom stereocenters. The van der Waals surface area contributed by atoms with Crippen molar-refractivity contribution in [2.75, 3.05) is 0 Å². The average Bonchev–Trinajstić information content (AvgIpc) is 3.27. The lowest BCUT2D eigenvalue weighted by Crippen LogP contribution is -1.95. The Bertz CT molecular complexity index is 876. The van der Waals surface area contributed by atoms with Crippen LogP contribution in [0.3, 0.4) is 0 Å². The summed E-state index contributed by atoms with van der Waals surface area (Å²) < 4.78 is 8.66. The molecule has 4 aromatic rings. The van der Waals surface area contributed by atoms with E-state index in [0.717, 1.165) is 0 Å². The molecule has 0 aliphatic carbocycles. The Kier molecular flexibility index (Phi) is 3.28. The topological polar surface area (TPSA) is 85.3 Å². The maximum Gasteiger partial charge on any atom is 0.240 e. The first kappa shape index (κ1) is 13.9. The van der Waals surface area contributed by atoms with E-state index in [1.807, 2.05) is 0 Å². The van der Waals surface area contributed by atoms with Gasteiger partial charge in [0.15, 0.2) is 10.1 Å². The molecular formula is C14H10N4O3S2. The highest BCUT2D eigenvalue weighted by molar-refractivity contribution is 7.12. The molecule has 0 fully saturated rings. The quantitative estimate of drug-likeness (QED) is 0.592. The SMILES string of the molecule is Oc1sccc1-n1ccc(Oc2ccn(-c3ccsc3O)n2)n1. The fourth-order valence-electron chi connectivity index (χ4n) is 2.04. The van der Waals surface area contributed by atoms with Crippen LogP contribution >= 0.6 is 22.7 Å². The smallest absolute Gasteiger partial charge is 0.240 e. The first-order valence-electron chi connectivity index (χ1n) is 6.53. The van der Waals surface area contributed by atoms with Crippen LogP contribution in [0, 0.1) is 0 Å². The molecule has 0 aliphatic heterocycles. The van der Waals surface area contributed by atoms with E-state index in [4.69, 9.17) is 4.74 Å². The normalized spacial score (nSPS) is 11.0. The summed E-state index contributed by atoms with van der Waals surface area (Å²) in [4.78, 5) is 0. The number of ether oxygens (including phenoxy) is 1. The molecule has 9 heteroatoms. The largest absolute Gasteiger partial charge is 0.498 e. The van der Waals surface area contributed by atoms with Gasteiger partial charge in [-0.25, -0.2) is 9.36 Å². The lowest BCUT2D eigenvalue weighted by molar-refractivity contribution is 0.433. The van der Waals surface area contributed by atoms with Crippen LogP contribution in [0.2, 0.25) is 0 Å². The Morgan fingerprint density at radius 2 is 1.26 bits per heavy atom. The van der Waals surface area contributed by atoms with Crippen LogP contribution in [-0.4, -0.2) is 29.8 Å². The van der Waals surface area contributed by atoms with Crippen LogP contribution in [0.15, 0.2) is 47.4 Å². The third-order valence-electron chi connectivity index (χ3n) is 3.08. The molecule has 0 unspecified atom stereocenters. The predicted molar refractivity (Wildman–Crippen MR) is 86.3 cm³/mol. The van der Waals surface area contributed by atoms with Gasteiger partial charge < -0.3 is 14.9 Å². The molecule has 7 nitrogen and oxygen atoms in total. The fraction of sp³-hybridized carbons (Fsp3) is 0. The molecule has 4 aromatic heterocycles. The van der Waals surface area contributed by atoms with E-state index < -0.39 is 0 Å². The maximum absolute atomic E-state index is 9.72. The molecule has 0 saturated carbocycles. The van der Waals surface area contributed by atoms with Crippen LogP contribution < -0.4 is 4.74 Å². The molecule has 0 spiro atoms. The summed E-state index contributed by atoms with van der Waals surface area (Å²) in [6.07, 6.45) is 3.39. The van der Waals surface area contributed by atoms with Gasteiger partial charge in [-0.1, -0.05) is 0 Å². The van der Waals surface area contributed by atoms with Crippen molar-refractivity contribution in [2.24, 2.45) is 0 Å². The van der Waals surface area contributed by atoms with Gasteiger partial charge in [-0.2, -0.15) is 0 Å².